The van der Waals surface area contributed by atoms with Crippen molar-refractivity contribution in [1.29, 1.82) is 0 Å². The lowest BCUT2D eigenvalue weighted by Gasteiger charge is -2.25. The number of halogens is 1. The molecular weight excluding hydrogens is 333 g/mol. The first-order valence-corrected chi connectivity index (χ1v) is 8.69. The van der Waals surface area contributed by atoms with E-state index in [0.717, 1.165) is 22.4 Å². The van der Waals surface area contributed by atoms with Gasteiger partial charge in [0.05, 0.1) is 0 Å². The molecule has 0 saturated carbocycles. The van der Waals surface area contributed by atoms with Gasteiger partial charge in [-0.2, -0.15) is 0 Å². The highest BCUT2D eigenvalue weighted by Gasteiger charge is 2.19. The average Bonchev–Trinajstić information content (AvgIpc) is 2.66. The van der Waals surface area contributed by atoms with Gasteiger partial charge >= 0.3 is 0 Å². The Bertz CT molecular complexity index is 815. The quantitative estimate of drug-likeness (QED) is 0.760. The van der Waals surface area contributed by atoms with Crippen molar-refractivity contribution in [3.05, 3.63) is 65.5 Å². The molecule has 0 unspecified atom stereocenters. The minimum atomic E-state index is -0.292. The Labute approximate surface area is 152 Å². The fourth-order valence-electron chi connectivity index (χ4n) is 2.88. The SMILES string of the molecule is CCN(Cc1cccc2c1OCCO2)C(=O)/C=C(/C)c1ccc(F)cc1. The molecule has 0 spiro atoms. The Morgan fingerprint density at radius 1 is 1.15 bits per heavy atom. The first-order valence-electron chi connectivity index (χ1n) is 8.69. The number of benzene rings is 2. The summed E-state index contributed by atoms with van der Waals surface area (Å²) in [7, 11) is 0. The van der Waals surface area contributed by atoms with Gasteiger partial charge < -0.3 is 14.4 Å². The molecule has 0 atom stereocenters. The minimum Gasteiger partial charge on any atom is -0.486 e. The van der Waals surface area contributed by atoms with Crippen LogP contribution in [0.1, 0.15) is 25.0 Å². The van der Waals surface area contributed by atoms with Crippen molar-refractivity contribution in [3.8, 4) is 11.5 Å². The van der Waals surface area contributed by atoms with Crippen molar-refractivity contribution in [2.24, 2.45) is 0 Å². The lowest BCUT2D eigenvalue weighted by molar-refractivity contribution is -0.126. The number of rotatable bonds is 5. The molecule has 0 aromatic heterocycles. The fourth-order valence-corrected chi connectivity index (χ4v) is 2.88. The lowest BCUT2D eigenvalue weighted by Crippen LogP contribution is -2.29. The predicted octanol–water partition coefficient (Wildman–Crippen LogP) is 4.05. The van der Waals surface area contributed by atoms with Crippen LogP contribution >= 0.6 is 0 Å². The molecule has 4 nitrogen and oxygen atoms in total. The van der Waals surface area contributed by atoms with Crippen LogP contribution in [0.2, 0.25) is 0 Å². The second-order valence-electron chi connectivity index (χ2n) is 6.13. The fraction of sp³-hybridized carbons (Fsp3) is 0.286. The number of likely N-dealkylation sites (N-methyl/N-ethyl adjacent to an activating group) is 1. The number of para-hydroxylation sites is 1. The molecule has 3 rings (SSSR count). The van der Waals surface area contributed by atoms with Gasteiger partial charge in [-0.1, -0.05) is 24.3 Å². The molecule has 1 aliphatic heterocycles. The Morgan fingerprint density at radius 2 is 1.88 bits per heavy atom. The van der Waals surface area contributed by atoms with Gasteiger partial charge in [0, 0.05) is 24.7 Å². The molecule has 0 bridgehead atoms. The molecule has 1 aliphatic rings. The monoisotopic (exact) mass is 355 g/mol. The highest BCUT2D eigenvalue weighted by molar-refractivity contribution is 5.94. The maximum Gasteiger partial charge on any atom is 0.247 e. The van der Waals surface area contributed by atoms with Crippen molar-refractivity contribution in [3.63, 3.8) is 0 Å². The van der Waals surface area contributed by atoms with E-state index < -0.39 is 0 Å². The number of allylic oxidation sites excluding steroid dienone is 1. The number of nitrogens with zero attached hydrogens (tertiary/aromatic N) is 1. The Morgan fingerprint density at radius 3 is 2.62 bits per heavy atom. The molecule has 136 valence electrons. The van der Waals surface area contributed by atoms with E-state index in [2.05, 4.69) is 0 Å². The third-order valence-electron chi connectivity index (χ3n) is 4.34. The van der Waals surface area contributed by atoms with E-state index in [1.165, 1.54) is 12.1 Å². The van der Waals surface area contributed by atoms with Crippen LogP contribution in [0, 0.1) is 5.82 Å². The Balaban J connectivity index is 1.77. The van der Waals surface area contributed by atoms with Crippen molar-refractivity contribution in [2.75, 3.05) is 19.8 Å². The van der Waals surface area contributed by atoms with E-state index in [1.807, 2.05) is 32.0 Å². The van der Waals surface area contributed by atoms with E-state index >= 15 is 0 Å². The largest absolute Gasteiger partial charge is 0.486 e. The number of carbonyl (C=O) groups excluding carboxylic acids is 1. The number of amides is 1. The van der Waals surface area contributed by atoms with Crippen LogP contribution in [0.5, 0.6) is 11.5 Å². The van der Waals surface area contributed by atoms with Crippen LogP contribution in [-0.4, -0.2) is 30.6 Å². The summed E-state index contributed by atoms with van der Waals surface area (Å²) in [5.41, 5.74) is 2.54. The van der Waals surface area contributed by atoms with Gasteiger partial charge in [0.15, 0.2) is 11.5 Å². The molecule has 5 heteroatoms. The molecular formula is C21H22FNO3. The third-order valence-corrected chi connectivity index (χ3v) is 4.34. The zero-order valence-corrected chi connectivity index (χ0v) is 15.0. The van der Waals surface area contributed by atoms with Crippen LogP contribution in [-0.2, 0) is 11.3 Å². The van der Waals surface area contributed by atoms with Gasteiger partial charge in [0.25, 0.3) is 0 Å². The van der Waals surface area contributed by atoms with Crippen LogP contribution < -0.4 is 9.47 Å². The van der Waals surface area contributed by atoms with Crippen molar-refractivity contribution < 1.29 is 18.7 Å². The van der Waals surface area contributed by atoms with E-state index in [0.29, 0.717) is 32.1 Å². The van der Waals surface area contributed by atoms with Crippen LogP contribution in [0.3, 0.4) is 0 Å². The minimum absolute atomic E-state index is 0.0938. The molecule has 1 heterocycles. The molecule has 2 aromatic rings. The van der Waals surface area contributed by atoms with Gasteiger partial charge in [-0.3, -0.25) is 4.79 Å². The van der Waals surface area contributed by atoms with E-state index in [-0.39, 0.29) is 11.7 Å². The van der Waals surface area contributed by atoms with Crippen molar-refractivity contribution >= 4 is 11.5 Å². The number of ether oxygens (including phenoxy) is 2. The zero-order chi connectivity index (χ0) is 18.5. The summed E-state index contributed by atoms with van der Waals surface area (Å²) in [6.07, 6.45) is 1.59. The maximum atomic E-state index is 13.1. The first kappa shape index (κ1) is 18.0. The molecule has 0 saturated heterocycles. The van der Waals surface area contributed by atoms with Gasteiger partial charge in [0.2, 0.25) is 5.91 Å². The second-order valence-corrected chi connectivity index (χ2v) is 6.13. The summed E-state index contributed by atoms with van der Waals surface area (Å²) >= 11 is 0. The Kier molecular flexibility index (Phi) is 5.56. The molecule has 1 amide bonds. The average molecular weight is 355 g/mol. The third kappa shape index (κ3) is 4.04. The summed E-state index contributed by atoms with van der Waals surface area (Å²) in [6.45, 7) is 5.83. The van der Waals surface area contributed by atoms with Crippen LogP contribution in [0.25, 0.3) is 5.57 Å². The van der Waals surface area contributed by atoms with Gasteiger partial charge in [-0.05, 0) is 43.2 Å². The predicted molar refractivity (Wildman–Crippen MR) is 98.6 cm³/mol. The first-order chi connectivity index (χ1) is 12.6. The summed E-state index contributed by atoms with van der Waals surface area (Å²) < 4.78 is 24.4. The lowest BCUT2D eigenvalue weighted by atomic mass is 10.1. The maximum absolute atomic E-state index is 13.1. The van der Waals surface area contributed by atoms with E-state index in [1.54, 1.807) is 23.1 Å². The molecule has 0 radical (unpaired) electrons. The van der Waals surface area contributed by atoms with Gasteiger partial charge in [0.1, 0.15) is 19.0 Å². The van der Waals surface area contributed by atoms with Gasteiger partial charge in [-0.15, -0.1) is 0 Å². The molecule has 0 N–H and O–H groups in total. The van der Waals surface area contributed by atoms with Gasteiger partial charge in [-0.25, -0.2) is 4.39 Å². The molecule has 0 fully saturated rings. The number of hydrogen-bond donors (Lipinski definition) is 0. The summed E-state index contributed by atoms with van der Waals surface area (Å²) in [6, 6.07) is 11.8. The number of carbonyl (C=O) groups is 1. The highest BCUT2D eigenvalue weighted by Crippen LogP contribution is 2.34. The molecule has 26 heavy (non-hydrogen) atoms. The number of fused-ring (bicyclic) bond motifs is 1. The van der Waals surface area contributed by atoms with Crippen LogP contribution in [0.4, 0.5) is 4.39 Å². The van der Waals surface area contributed by atoms with Crippen LogP contribution in [0.15, 0.2) is 48.5 Å². The second kappa shape index (κ2) is 8.04. The highest BCUT2D eigenvalue weighted by atomic mass is 19.1. The molecule has 2 aromatic carbocycles. The zero-order valence-electron chi connectivity index (χ0n) is 15.0. The Hall–Kier alpha value is -2.82. The summed E-state index contributed by atoms with van der Waals surface area (Å²) in [5, 5.41) is 0. The smallest absolute Gasteiger partial charge is 0.247 e. The summed E-state index contributed by atoms with van der Waals surface area (Å²) in [5.74, 6) is 1.04. The molecule has 0 aliphatic carbocycles. The van der Waals surface area contributed by atoms with Crippen molar-refractivity contribution in [2.45, 2.75) is 20.4 Å². The number of hydrogen-bond acceptors (Lipinski definition) is 3. The topological polar surface area (TPSA) is 38.8 Å². The summed E-state index contributed by atoms with van der Waals surface area (Å²) in [4.78, 5) is 14.4. The van der Waals surface area contributed by atoms with E-state index in [9.17, 15) is 9.18 Å². The standard InChI is InChI=1S/C21H22FNO3/c1-3-23(14-17-5-4-6-19-21(17)26-12-11-25-19)20(24)13-15(2)16-7-9-18(22)10-8-16/h4-10,13H,3,11-12,14H2,1-2H3/b15-13-. The van der Waals surface area contributed by atoms with Crippen molar-refractivity contribution in [1.82, 2.24) is 4.90 Å². The van der Waals surface area contributed by atoms with E-state index in [4.69, 9.17) is 9.47 Å². The normalized spacial score (nSPS) is 13.4.